The van der Waals surface area contributed by atoms with Gasteiger partial charge in [-0.25, -0.2) is 4.99 Å². The van der Waals surface area contributed by atoms with Gasteiger partial charge in [0.25, 0.3) is 0 Å². The maximum Gasteiger partial charge on any atom is 0.191 e. The van der Waals surface area contributed by atoms with E-state index in [9.17, 15) is 0 Å². The van der Waals surface area contributed by atoms with Gasteiger partial charge in [0, 0.05) is 37.3 Å². The summed E-state index contributed by atoms with van der Waals surface area (Å²) in [5.41, 5.74) is 1.99. The number of aliphatic imine (C=N–C) groups is 1. The van der Waals surface area contributed by atoms with Gasteiger partial charge in [0.15, 0.2) is 5.96 Å². The predicted octanol–water partition coefficient (Wildman–Crippen LogP) is 2.08. The number of nitrogens with zero attached hydrogens (tertiary/aromatic N) is 3. The van der Waals surface area contributed by atoms with Gasteiger partial charge in [-0.2, -0.15) is 0 Å². The van der Waals surface area contributed by atoms with Crippen LogP contribution in [0.1, 0.15) is 44.7 Å². The van der Waals surface area contributed by atoms with Crippen LogP contribution >= 0.6 is 0 Å². The molecule has 2 rings (SSSR count). The Bertz CT molecular complexity index is 518. The molecule has 2 heterocycles. The van der Waals surface area contributed by atoms with Crippen LogP contribution in [0.25, 0.3) is 0 Å². The van der Waals surface area contributed by atoms with Gasteiger partial charge in [-0.1, -0.05) is 12.1 Å². The Hall–Kier alpha value is -1.56. The number of aryl methyl sites for hydroxylation is 2. The summed E-state index contributed by atoms with van der Waals surface area (Å²) in [5.74, 6) is 2.33. The zero-order valence-corrected chi connectivity index (χ0v) is 15.3. The summed E-state index contributed by atoms with van der Waals surface area (Å²) in [6.07, 6.45) is 0. The Kier molecular flexibility index (Phi) is 6.04. The van der Waals surface area contributed by atoms with Crippen LogP contribution in [-0.4, -0.2) is 47.7 Å². The molecule has 0 amide bonds. The quantitative estimate of drug-likeness (QED) is 0.642. The summed E-state index contributed by atoms with van der Waals surface area (Å²) in [6, 6.07) is 1.02. The van der Waals surface area contributed by atoms with E-state index >= 15 is 0 Å². The molecule has 1 fully saturated rings. The molecule has 6 heteroatoms. The van der Waals surface area contributed by atoms with Crippen molar-refractivity contribution in [2.75, 3.05) is 19.6 Å². The van der Waals surface area contributed by atoms with E-state index in [0.717, 1.165) is 42.6 Å². The Morgan fingerprint density at radius 1 is 1.39 bits per heavy atom. The Labute approximate surface area is 139 Å². The molecule has 2 unspecified atom stereocenters. The van der Waals surface area contributed by atoms with Gasteiger partial charge >= 0.3 is 0 Å². The van der Waals surface area contributed by atoms with Gasteiger partial charge in [-0.05, 0) is 40.5 Å². The maximum atomic E-state index is 5.21. The van der Waals surface area contributed by atoms with E-state index in [1.807, 2.05) is 13.8 Å². The Balaban J connectivity index is 2.02. The predicted molar refractivity (Wildman–Crippen MR) is 93.6 cm³/mol. The smallest absolute Gasteiger partial charge is 0.191 e. The molecule has 0 radical (unpaired) electrons. The molecule has 0 aliphatic carbocycles. The van der Waals surface area contributed by atoms with E-state index in [2.05, 4.69) is 48.4 Å². The lowest BCUT2D eigenvalue weighted by Gasteiger charge is -2.21. The van der Waals surface area contributed by atoms with Crippen LogP contribution in [0.4, 0.5) is 0 Å². The number of hydrogen-bond donors (Lipinski definition) is 2. The summed E-state index contributed by atoms with van der Waals surface area (Å²) in [6.45, 7) is 16.4. The first-order valence-electron chi connectivity index (χ1n) is 8.63. The summed E-state index contributed by atoms with van der Waals surface area (Å²) in [5, 5.41) is 10.9. The highest BCUT2D eigenvalue weighted by Gasteiger charge is 2.31. The van der Waals surface area contributed by atoms with Crippen LogP contribution in [0.15, 0.2) is 9.52 Å². The number of rotatable bonds is 5. The maximum absolute atomic E-state index is 5.21. The lowest BCUT2D eigenvalue weighted by Crippen LogP contribution is -2.46. The van der Waals surface area contributed by atoms with Crippen LogP contribution < -0.4 is 10.6 Å². The van der Waals surface area contributed by atoms with Gasteiger partial charge < -0.3 is 15.2 Å². The minimum Gasteiger partial charge on any atom is -0.361 e. The normalized spacial score (nSPS) is 22.8. The number of nitrogens with one attached hydrogen (secondary N) is 2. The molecule has 0 saturated carbocycles. The molecule has 2 N–H and O–H groups in total. The third kappa shape index (κ3) is 4.47. The average molecular weight is 321 g/mol. The molecule has 1 aromatic heterocycles. The van der Waals surface area contributed by atoms with Crippen molar-refractivity contribution >= 4 is 5.96 Å². The van der Waals surface area contributed by atoms with Crippen molar-refractivity contribution in [2.24, 2.45) is 10.9 Å². The van der Waals surface area contributed by atoms with Crippen molar-refractivity contribution < 1.29 is 4.52 Å². The van der Waals surface area contributed by atoms with Crippen LogP contribution in [-0.2, 0) is 6.54 Å². The van der Waals surface area contributed by atoms with Crippen LogP contribution in [0, 0.1) is 19.8 Å². The van der Waals surface area contributed by atoms with E-state index < -0.39 is 0 Å². The standard InChI is InChI=1S/C17H31N5O/c1-7-18-17(19-8-15-13(5)21-23-14(15)6)20-16-10-22(11(2)3)9-12(16)4/h11-12,16H,7-10H2,1-6H3,(H2,18,19,20). The zero-order valence-electron chi connectivity index (χ0n) is 15.3. The molecular formula is C17H31N5O. The van der Waals surface area contributed by atoms with E-state index in [0.29, 0.717) is 24.5 Å². The largest absolute Gasteiger partial charge is 0.361 e. The first-order chi connectivity index (χ1) is 10.9. The molecule has 2 atom stereocenters. The van der Waals surface area contributed by atoms with Gasteiger partial charge in [-0.15, -0.1) is 0 Å². The topological polar surface area (TPSA) is 65.7 Å². The molecule has 1 aliphatic heterocycles. The molecule has 6 nitrogen and oxygen atoms in total. The SMILES string of the molecule is CCNC(=NCc1c(C)noc1C)NC1CN(C(C)C)CC1C. The van der Waals surface area contributed by atoms with E-state index in [-0.39, 0.29) is 0 Å². The monoisotopic (exact) mass is 321 g/mol. The molecule has 1 aliphatic rings. The molecule has 1 aromatic rings. The summed E-state index contributed by atoms with van der Waals surface area (Å²) >= 11 is 0. The molecule has 0 spiro atoms. The summed E-state index contributed by atoms with van der Waals surface area (Å²) < 4.78 is 5.21. The highest BCUT2D eigenvalue weighted by Crippen LogP contribution is 2.19. The van der Waals surface area contributed by atoms with E-state index in [4.69, 9.17) is 9.52 Å². The van der Waals surface area contributed by atoms with Crippen molar-refractivity contribution in [3.8, 4) is 0 Å². The minimum atomic E-state index is 0.430. The van der Waals surface area contributed by atoms with Crippen LogP contribution in [0.2, 0.25) is 0 Å². The fourth-order valence-corrected chi connectivity index (χ4v) is 3.00. The van der Waals surface area contributed by atoms with Crippen molar-refractivity contribution in [3.05, 3.63) is 17.0 Å². The van der Waals surface area contributed by atoms with E-state index in [1.165, 1.54) is 0 Å². The molecule has 23 heavy (non-hydrogen) atoms. The van der Waals surface area contributed by atoms with Gasteiger partial charge in [0.2, 0.25) is 0 Å². The molecule has 0 aromatic carbocycles. The Morgan fingerprint density at radius 2 is 2.13 bits per heavy atom. The van der Waals surface area contributed by atoms with Crippen molar-refractivity contribution in [2.45, 2.75) is 60.2 Å². The molecule has 130 valence electrons. The lowest BCUT2D eigenvalue weighted by atomic mass is 10.1. The fourth-order valence-electron chi connectivity index (χ4n) is 3.00. The number of aromatic nitrogens is 1. The first-order valence-corrected chi connectivity index (χ1v) is 8.63. The average Bonchev–Trinajstić information content (AvgIpc) is 3.01. The van der Waals surface area contributed by atoms with Gasteiger partial charge in [0.1, 0.15) is 5.76 Å². The molecule has 1 saturated heterocycles. The third-order valence-corrected chi connectivity index (χ3v) is 4.61. The van der Waals surface area contributed by atoms with Gasteiger partial charge in [-0.3, -0.25) is 4.90 Å². The van der Waals surface area contributed by atoms with Crippen molar-refractivity contribution in [1.82, 2.24) is 20.7 Å². The highest BCUT2D eigenvalue weighted by atomic mass is 16.5. The van der Waals surface area contributed by atoms with E-state index in [1.54, 1.807) is 0 Å². The van der Waals surface area contributed by atoms with Gasteiger partial charge in [0.05, 0.1) is 12.2 Å². The van der Waals surface area contributed by atoms with Crippen LogP contribution in [0.5, 0.6) is 0 Å². The van der Waals surface area contributed by atoms with Crippen molar-refractivity contribution in [1.29, 1.82) is 0 Å². The molecular weight excluding hydrogens is 290 g/mol. The summed E-state index contributed by atoms with van der Waals surface area (Å²) in [7, 11) is 0. The third-order valence-electron chi connectivity index (χ3n) is 4.61. The van der Waals surface area contributed by atoms with Crippen LogP contribution in [0.3, 0.4) is 0 Å². The number of guanidine groups is 1. The number of likely N-dealkylation sites (tertiary alicyclic amines) is 1. The Morgan fingerprint density at radius 3 is 2.65 bits per heavy atom. The van der Waals surface area contributed by atoms with Crippen molar-refractivity contribution in [3.63, 3.8) is 0 Å². The second kappa shape index (κ2) is 7.81. The minimum absolute atomic E-state index is 0.430. The second-order valence-electron chi connectivity index (χ2n) is 6.77. The lowest BCUT2D eigenvalue weighted by molar-refractivity contribution is 0.265. The fraction of sp³-hybridized carbons (Fsp3) is 0.765. The highest BCUT2D eigenvalue weighted by molar-refractivity contribution is 5.80. The molecule has 0 bridgehead atoms. The second-order valence-corrected chi connectivity index (χ2v) is 6.77. The summed E-state index contributed by atoms with van der Waals surface area (Å²) in [4.78, 5) is 7.24. The first kappa shape index (κ1) is 17.8. The zero-order chi connectivity index (χ0) is 17.0. The number of hydrogen-bond acceptors (Lipinski definition) is 4.